The molecule has 0 spiro atoms. The van der Waals surface area contributed by atoms with Crippen molar-refractivity contribution in [1.29, 1.82) is 0 Å². The van der Waals surface area contributed by atoms with Crippen LogP contribution < -0.4 is 14.8 Å². The topological polar surface area (TPSA) is 73.3 Å². The molecule has 1 aromatic heterocycles. The zero-order valence-electron chi connectivity index (χ0n) is 14.4. The van der Waals surface area contributed by atoms with Crippen LogP contribution in [0.5, 0.6) is 11.5 Å². The number of rotatable bonds is 8. The molecule has 2 aromatic rings. The van der Waals surface area contributed by atoms with Gasteiger partial charge in [0.1, 0.15) is 16.5 Å². The molecule has 0 saturated heterocycles. The van der Waals surface area contributed by atoms with Crippen LogP contribution in [0.3, 0.4) is 0 Å². The minimum absolute atomic E-state index is 0.252. The molecule has 1 heterocycles. The lowest BCUT2D eigenvalue weighted by atomic mass is 10.1. The number of carbonyl (C=O) groups is 1. The molecular weight excluding hydrogens is 326 g/mol. The van der Waals surface area contributed by atoms with Crippen LogP contribution in [0.15, 0.2) is 24.3 Å². The number of nitrogens with one attached hydrogen (secondary N) is 1. The molecule has 0 bridgehead atoms. The molecule has 1 unspecified atom stereocenters. The summed E-state index contributed by atoms with van der Waals surface area (Å²) in [4.78, 5) is 12.2. The van der Waals surface area contributed by atoms with Crippen molar-refractivity contribution in [3.8, 4) is 11.5 Å². The highest BCUT2D eigenvalue weighted by molar-refractivity contribution is 7.15. The SMILES string of the molecule is CCC(CC)c1nnc(NC(=O)C(C)Oc2ccc(OC)cc2)s1. The molecule has 6 nitrogen and oxygen atoms in total. The molecule has 0 aliphatic carbocycles. The largest absolute Gasteiger partial charge is 0.497 e. The average molecular weight is 349 g/mol. The van der Waals surface area contributed by atoms with Gasteiger partial charge in [0.15, 0.2) is 6.10 Å². The molecule has 0 fully saturated rings. The summed E-state index contributed by atoms with van der Waals surface area (Å²) in [6.07, 6.45) is 1.38. The van der Waals surface area contributed by atoms with Crippen molar-refractivity contribution < 1.29 is 14.3 Å². The Morgan fingerprint density at radius 1 is 1.17 bits per heavy atom. The molecule has 0 aliphatic rings. The molecule has 1 atom stereocenters. The average Bonchev–Trinajstić information content (AvgIpc) is 3.05. The third-order valence-corrected chi connectivity index (χ3v) is 4.75. The summed E-state index contributed by atoms with van der Waals surface area (Å²) in [5.41, 5.74) is 0. The van der Waals surface area contributed by atoms with E-state index in [0.717, 1.165) is 23.6 Å². The Hall–Kier alpha value is -2.15. The molecule has 1 amide bonds. The van der Waals surface area contributed by atoms with E-state index in [0.29, 0.717) is 16.8 Å². The smallest absolute Gasteiger partial charge is 0.266 e. The van der Waals surface area contributed by atoms with Gasteiger partial charge >= 0.3 is 0 Å². The van der Waals surface area contributed by atoms with Crippen LogP contribution in [-0.4, -0.2) is 29.3 Å². The molecule has 1 N–H and O–H groups in total. The number of carbonyl (C=O) groups excluding carboxylic acids is 1. The number of hydrogen-bond acceptors (Lipinski definition) is 6. The molecule has 1 aromatic carbocycles. The normalized spacial score (nSPS) is 12.0. The lowest BCUT2D eigenvalue weighted by Crippen LogP contribution is -2.30. The number of hydrogen-bond donors (Lipinski definition) is 1. The summed E-state index contributed by atoms with van der Waals surface area (Å²) in [7, 11) is 1.60. The Kier molecular flexibility index (Phi) is 6.54. The van der Waals surface area contributed by atoms with Gasteiger partial charge in [-0.2, -0.15) is 0 Å². The second-order valence-corrected chi connectivity index (χ2v) is 6.39. The lowest BCUT2D eigenvalue weighted by Gasteiger charge is -2.13. The third kappa shape index (κ3) is 4.67. The van der Waals surface area contributed by atoms with Crippen molar-refractivity contribution in [2.45, 2.75) is 45.6 Å². The van der Waals surface area contributed by atoms with Crippen molar-refractivity contribution in [2.24, 2.45) is 0 Å². The van der Waals surface area contributed by atoms with Crippen molar-refractivity contribution in [2.75, 3.05) is 12.4 Å². The van der Waals surface area contributed by atoms with Crippen molar-refractivity contribution in [3.63, 3.8) is 0 Å². The summed E-state index contributed by atoms with van der Waals surface area (Å²) in [5.74, 6) is 1.48. The number of aromatic nitrogens is 2. The van der Waals surface area contributed by atoms with Crippen LogP contribution in [0.4, 0.5) is 5.13 Å². The first-order valence-electron chi connectivity index (χ1n) is 8.02. The maximum Gasteiger partial charge on any atom is 0.266 e. The van der Waals surface area contributed by atoms with E-state index in [-0.39, 0.29) is 5.91 Å². The van der Waals surface area contributed by atoms with E-state index < -0.39 is 6.10 Å². The zero-order chi connectivity index (χ0) is 17.5. The van der Waals surface area contributed by atoms with Crippen molar-refractivity contribution in [3.05, 3.63) is 29.3 Å². The Labute approximate surface area is 146 Å². The van der Waals surface area contributed by atoms with E-state index in [4.69, 9.17) is 9.47 Å². The minimum atomic E-state index is -0.640. The van der Waals surface area contributed by atoms with Crippen LogP contribution in [-0.2, 0) is 4.79 Å². The van der Waals surface area contributed by atoms with Gasteiger partial charge < -0.3 is 9.47 Å². The minimum Gasteiger partial charge on any atom is -0.497 e. The Morgan fingerprint density at radius 2 is 1.79 bits per heavy atom. The Balaban J connectivity index is 1.93. The summed E-state index contributed by atoms with van der Waals surface area (Å²) in [6, 6.07) is 7.09. The number of benzene rings is 1. The first-order valence-corrected chi connectivity index (χ1v) is 8.84. The second kappa shape index (κ2) is 8.63. The highest BCUT2D eigenvalue weighted by Gasteiger charge is 2.19. The van der Waals surface area contributed by atoms with Gasteiger partial charge in [-0.1, -0.05) is 25.2 Å². The predicted octanol–water partition coefficient (Wildman–Crippen LogP) is 3.86. The van der Waals surface area contributed by atoms with E-state index in [1.165, 1.54) is 11.3 Å². The van der Waals surface area contributed by atoms with Crippen molar-refractivity contribution in [1.82, 2.24) is 10.2 Å². The molecule has 2 rings (SSSR count). The maximum atomic E-state index is 12.2. The van der Waals surface area contributed by atoms with Gasteiger partial charge in [-0.25, -0.2) is 0 Å². The number of anilines is 1. The van der Waals surface area contributed by atoms with Gasteiger partial charge in [0, 0.05) is 5.92 Å². The number of nitrogens with zero attached hydrogens (tertiary/aromatic N) is 2. The molecule has 24 heavy (non-hydrogen) atoms. The monoisotopic (exact) mass is 349 g/mol. The molecule has 0 radical (unpaired) electrons. The highest BCUT2D eigenvalue weighted by atomic mass is 32.1. The summed E-state index contributed by atoms with van der Waals surface area (Å²) >= 11 is 1.42. The number of ether oxygens (including phenoxy) is 2. The molecule has 130 valence electrons. The summed E-state index contributed by atoms with van der Waals surface area (Å²) < 4.78 is 10.7. The number of methoxy groups -OCH3 is 1. The maximum absolute atomic E-state index is 12.2. The van der Waals surface area contributed by atoms with Gasteiger partial charge in [-0.3, -0.25) is 10.1 Å². The fourth-order valence-corrected chi connectivity index (χ4v) is 3.22. The van der Waals surface area contributed by atoms with Crippen LogP contribution in [0.1, 0.15) is 44.5 Å². The standard InChI is InChI=1S/C17H23N3O3S/c1-5-12(6-2)16-19-20-17(24-16)18-15(21)11(3)23-14-9-7-13(22-4)8-10-14/h7-12H,5-6H2,1-4H3,(H,18,20,21). The molecule has 0 saturated carbocycles. The van der Waals surface area contributed by atoms with Crippen LogP contribution in [0.2, 0.25) is 0 Å². The molecule has 0 aliphatic heterocycles. The van der Waals surface area contributed by atoms with E-state index in [1.807, 2.05) is 0 Å². The summed E-state index contributed by atoms with van der Waals surface area (Å²) in [6.45, 7) is 5.94. The van der Waals surface area contributed by atoms with Gasteiger partial charge in [-0.05, 0) is 44.0 Å². The van der Waals surface area contributed by atoms with Crippen LogP contribution >= 0.6 is 11.3 Å². The predicted molar refractivity (Wildman–Crippen MR) is 94.9 cm³/mol. The summed E-state index contributed by atoms with van der Waals surface area (Å²) in [5, 5.41) is 12.5. The van der Waals surface area contributed by atoms with E-state index in [1.54, 1.807) is 38.3 Å². The van der Waals surface area contributed by atoms with Gasteiger partial charge in [-0.15, -0.1) is 10.2 Å². The van der Waals surface area contributed by atoms with Gasteiger partial charge in [0.2, 0.25) is 5.13 Å². The quantitative estimate of drug-likeness (QED) is 0.783. The van der Waals surface area contributed by atoms with E-state index >= 15 is 0 Å². The first kappa shape index (κ1) is 18.2. The first-order chi connectivity index (χ1) is 11.6. The lowest BCUT2D eigenvalue weighted by molar-refractivity contribution is -0.122. The van der Waals surface area contributed by atoms with Gasteiger partial charge in [0.05, 0.1) is 7.11 Å². The fraction of sp³-hybridized carbons (Fsp3) is 0.471. The van der Waals surface area contributed by atoms with Crippen molar-refractivity contribution >= 4 is 22.4 Å². The Bertz CT molecular complexity index is 653. The van der Waals surface area contributed by atoms with Gasteiger partial charge in [0.25, 0.3) is 5.91 Å². The zero-order valence-corrected chi connectivity index (χ0v) is 15.2. The van der Waals surface area contributed by atoms with E-state index in [2.05, 4.69) is 29.4 Å². The Morgan fingerprint density at radius 3 is 2.38 bits per heavy atom. The van der Waals surface area contributed by atoms with Crippen LogP contribution in [0, 0.1) is 0 Å². The number of amides is 1. The van der Waals surface area contributed by atoms with Crippen LogP contribution in [0.25, 0.3) is 0 Å². The van der Waals surface area contributed by atoms with E-state index in [9.17, 15) is 4.79 Å². The molecular formula is C17H23N3O3S. The fourth-order valence-electron chi connectivity index (χ4n) is 2.21. The second-order valence-electron chi connectivity index (χ2n) is 5.38. The molecule has 7 heteroatoms. The highest BCUT2D eigenvalue weighted by Crippen LogP contribution is 2.28. The third-order valence-electron chi connectivity index (χ3n) is 3.75.